The Morgan fingerprint density at radius 3 is 2.68 bits per heavy atom. The summed E-state index contributed by atoms with van der Waals surface area (Å²) < 4.78 is 4.74. The van der Waals surface area contributed by atoms with Crippen LogP contribution in [0.25, 0.3) is 0 Å². The Hall–Kier alpha value is -1.55. The third-order valence-corrected chi connectivity index (χ3v) is 4.25. The number of rotatable bonds is 3. The standard InChI is InChI=1S/C15H18N2OS/c18-14-13-8-4-5-10-16(13)15(19)17(14)11-9-12-6-2-1-3-7-12/h1-3,6-7,18H,4-5,8-11H2. The van der Waals surface area contributed by atoms with Gasteiger partial charge in [-0.05, 0) is 43.5 Å². The number of aromatic nitrogens is 2. The van der Waals surface area contributed by atoms with Gasteiger partial charge >= 0.3 is 0 Å². The molecule has 0 radical (unpaired) electrons. The molecule has 2 aromatic rings. The molecule has 19 heavy (non-hydrogen) atoms. The first kappa shape index (κ1) is 12.5. The summed E-state index contributed by atoms with van der Waals surface area (Å²) in [5.41, 5.74) is 2.29. The maximum atomic E-state index is 10.3. The van der Waals surface area contributed by atoms with E-state index in [9.17, 15) is 5.11 Å². The van der Waals surface area contributed by atoms with E-state index < -0.39 is 0 Å². The molecule has 100 valence electrons. The topological polar surface area (TPSA) is 30.1 Å². The fourth-order valence-electron chi connectivity index (χ4n) is 2.76. The van der Waals surface area contributed by atoms with Gasteiger partial charge < -0.3 is 9.67 Å². The molecule has 0 bridgehead atoms. The Kier molecular flexibility index (Phi) is 3.42. The molecule has 1 aliphatic rings. The first-order valence-corrected chi connectivity index (χ1v) is 7.23. The Labute approximate surface area is 118 Å². The molecule has 0 aliphatic carbocycles. The van der Waals surface area contributed by atoms with Gasteiger partial charge in [-0.3, -0.25) is 4.57 Å². The average molecular weight is 274 g/mol. The number of imidazole rings is 1. The second-order valence-corrected chi connectivity index (χ2v) is 5.41. The summed E-state index contributed by atoms with van der Waals surface area (Å²) in [4.78, 5) is 0. The Morgan fingerprint density at radius 1 is 1.16 bits per heavy atom. The van der Waals surface area contributed by atoms with Crippen molar-refractivity contribution in [2.24, 2.45) is 0 Å². The number of aryl methyl sites for hydroxylation is 1. The van der Waals surface area contributed by atoms with Crippen LogP contribution < -0.4 is 0 Å². The number of benzene rings is 1. The molecule has 1 aromatic carbocycles. The first-order chi connectivity index (χ1) is 9.27. The summed E-state index contributed by atoms with van der Waals surface area (Å²) in [5, 5.41) is 10.3. The van der Waals surface area contributed by atoms with Crippen molar-refractivity contribution in [2.75, 3.05) is 0 Å². The van der Waals surface area contributed by atoms with Gasteiger partial charge in [-0.1, -0.05) is 30.3 Å². The number of hydrogen-bond donors (Lipinski definition) is 1. The highest BCUT2D eigenvalue weighted by Gasteiger charge is 2.19. The fourth-order valence-corrected chi connectivity index (χ4v) is 3.13. The number of hydrogen-bond acceptors (Lipinski definition) is 2. The number of nitrogens with zero attached hydrogens (tertiary/aromatic N) is 2. The van der Waals surface area contributed by atoms with E-state index in [1.807, 2.05) is 22.8 Å². The van der Waals surface area contributed by atoms with Crippen LogP contribution in [0.5, 0.6) is 5.88 Å². The minimum absolute atomic E-state index is 0.376. The summed E-state index contributed by atoms with van der Waals surface area (Å²) in [6.45, 7) is 1.69. The van der Waals surface area contributed by atoms with Crippen molar-refractivity contribution in [3.63, 3.8) is 0 Å². The SMILES string of the molecule is Oc1c2n(c(=S)n1CCc1ccccc1)CCCC2. The lowest BCUT2D eigenvalue weighted by Crippen LogP contribution is -2.09. The van der Waals surface area contributed by atoms with Gasteiger partial charge in [-0.25, -0.2) is 0 Å². The molecule has 1 aliphatic heterocycles. The van der Waals surface area contributed by atoms with Gasteiger partial charge in [-0.2, -0.15) is 0 Å². The summed E-state index contributed by atoms with van der Waals surface area (Å²) in [5.74, 6) is 0.376. The van der Waals surface area contributed by atoms with Crippen LogP contribution in [0.15, 0.2) is 30.3 Å². The number of aromatic hydroxyl groups is 1. The van der Waals surface area contributed by atoms with E-state index in [1.54, 1.807) is 0 Å². The molecule has 2 heterocycles. The van der Waals surface area contributed by atoms with Crippen LogP contribution >= 0.6 is 12.2 Å². The van der Waals surface area contributed by atoms with Crippen LogP contribution in [0.3, 0.4) is 0 Å². The Morgan fingerprint density at radius 2 is 1.95 bits per heavy atom. The van der Waals surface area contributed by atoms with Crippen LogP contribution in [0, 0.1) is 4.77 Å². The molecule has 0 saturated carbocycles. The van der Waals surface area contributed by atoms with Gasteiger partial charge in [0.15, 0.2) is 4.77 Å². The van der Waals surface area contributed by atoms with Gasteiger partial charge in [0.2, 0.25) is 5.88 Å². The van der Waals surface area contributed by atoms with Gasteiger partial charge in [0.1, 0.15) is 0 Å². The quantitative estimate of drug-likeness (QED) is 0.870. The van der Waals surface area contributed by atoms with E-state index in [0.717, 1.165) is 49.2 Å². The number of fused-ring (bicyclic) bond motifs is 1. The van der Waals surface area contributed by atoms with Crippen LogP contribution in [-0.2, 0) is 25.9 Å². The molecule has 0 spiro atoms. The van der Waals surface area contributed by atoms with Crippen LogP contribution in [0.4, 0.5) is 0 Å². The highest BCUT2D eigenvalue weighted by atomic mass is 32.1. The van der Waals surface area contributed by atoms with Crippen molar-refractivity contribution in [3.05, 3.63) is 46.4 Å². The lowest BCUT2D eigenvalue weighted by atomic mass is 10.1. The van der Waals surface area contributed by atoms with Crippen molar-refractivity contribution < 1.29 is 5.11 Å². The first-order valence-electron chi connectivity index (χ1n) is 6.82. The molecular formula is C15H18N2OS. The van der Waals surface area contributed by atoms with Gasteiger partial charge in [0.05, 0.1) is 5.69 Å². The molecule has 0 atom stereocenters. The molecular weight excluding hydrogens is 256 g/mol. The predicted molar refractivity (Wildman–Crippen MR) is 78.0 cm³/mol. The molecule has 0 unspecified atom stereocenters. The van der Waals surface area contributed by atoms with E-state index in [1.165, 1.54) is 5.56 Å². The van der Waals surface area contributed by atoms with Crippen molar-refractivity contribution in [3.8, 4) is 5.88 Å². The highest BCUT2D eigenvalue weighted by molar-refractivity contribution is 7.71. The van der Waals surface area contributed by atoms with Gasteiger partial charge in [-0.15, -0.1) is 0 Å². The molecule has 0 fully saturated rings. The lowest BCUT2D eigenvalue weighted by molar-refractivity contribution is 0.406. The monoisotopic (exact) mass is 274 g/mol. The van der Waals surface area contributed by atoms with Gasteiger partial charge in [0, 0.05) is 13.1 Å². The summed E-state index contributed by atoms with van der Waals surface area (Å²) in [6.07, 6.45) is 4.13. The van der Waals surface area contributed by atoms with E-state index in [2.05, 4.69) is 16.7 Å². The van der Waals surface area contributed by atoms with Crippen LogP contribution in [-0.4, -0.2) is 14.2 Å². The summed E-state index contributed by atoms with van der Waals surface area (Å²) in [6, 6.07) is 10.3. The zero-order valence-corrected chi connectivity index (χ0v) is 11.7. The maximum Gasteiger partial charge on any atom is 0.213 e. The minimum Gasteiger partial charge on any atom is -0.493 e. The van der Waals surface area contributed by atoms with E-state index >= 15 is 0 Å². The van der Waals surface area contributed by atoms with E-state index in [4.69, 9.17) is 12.2 Å². The second kappa shape index (κ2) is 5.21. The van der Waals surface area contributed by atoms with E-state index in [-0.39, 0.29) is 0 Å². The smallest absolute Gasteiger partial charge is 0.213 e. The van der Waals surface area contributed by atoms with Crippen molar-refractivity contribution in [1.82, 2.24) is 9.13 Å². The second-order valence-electron chi connectivity index (χ2n) is 5.05. The van der Waals surface area contributed by atoms with Crippen molar-refractivity contribution in [2.45, 2.75) is 38.8 Å². The molecule has 0 amide bonds. The Bertz CT molecular complexity index is 628. The molecule has 1 N–H and O–H groups in total. The highest BCUT2D eigenvalue weighted by Crippen LogP contribution is 2.27. The molecule has 3 nitrogen and oxygen atoms in total. The average Bonchev–Trinajstić information content (AvgIpc) is 2.71. The molecule has 4 heteroatoms. The maximum absolute atomic E-state index is 10.3. The molecule has 3 rings (SSSR count). The molecule has 0 saturated heterocycles. The minimum atomic E-state index is 0.376. The largest absolute Gasteiger partial charge is 0.493 e. The Balaban J connectivity index is 1.86. The van der Waals surface area contributed by atoms with Crippen LogP contribution in [0.1, 0.15) is 24.1 Å². The van der Waals surface area contributed by atoms with Crippen molar-refractivity contribution >= 4 is 12.2 Å². The lowest BCUT2D eigenvalue weighted by Gasteiger charge is -2.12. The summed E-state index contributed by atoms with van der Waals surface area (Å²) in [7, 11) is 0. The third kappa shape index (κ3) is 2.32. The van der Waals surface area contributed by atoms with E-state index in [0.29, 0.717) is 5.88 Å². The molecule has 1 aromatic heterocycles. The van der Waals surface area contributed by atoms with Gasteiger partial charge in [0.25, 0.3) is 0 Å². The zero-order chi connectivity index (χ0) is 13.2. The fraction of sp³-hybridized carbons (Fsp3) is 0.400. The summed E-state index contributed by atoms with van der Waals surface area (Å²) >= 11 is 5.48. The zero-order valence-electron chi connectivity index (χ0n) is 10.9. The third-order valence-electron chi connectivity index (χ3n) is 3.81. The normalized spacial score (nSPS) is 14.3. The van der Waals surface area contributed by atoms with Crippen LogP contribution in [0.2, 0.25) is 0 Å². The predicted octanol–water partition coefficient (Wildman–Crippen LogP) is 3.30. The van der Waals surface area contributed by atoms with Crippen molar-refractivity contribution in [1.29, 1.82) is 0 Å².